The van der Waals surface area contributed by atoms with Crippen molar-refractivity contribution in [3.63, 3.8) is 0 Å². The SMILES string of the molecule is O=C(COCC(F)(F)F)N1CCc2c(Cl)cc(Cl)cc2C1. The molecular formula is C13H12Cl2F3NO2. The van der Waals surface area contributed by atoms with E-state index in [4.69, 9.17) is 23.2 Å². The Labute approximate surface area is 129 Å². The molecule has 0 saturated heterocycles. The third-order valence-corrected chi connectivity index (χ3v) is 3.64. The second-order valence-electron chi connectivity index (χ2n) is 4.70. The molecule has 0 atom stereocenters. The van der Waals surface area contributed by atoms with Crippen molar-refractivity contribution in [2.45, 2.75) is 19.1 Å². The van der Waals surface area contributed by atoms with E-state index in [1.807, 2.05) is 0 Å². The number of benzene rings is 1. The van der Waals surface area contributed by atoms with E-state index in [9.17, 15) is 18.0 Å². The molecule has 0 bridgehead atoms. The molecule has 21 heavy (non-hydrogen) atoms. The maximum Gasteiger partial charge on any atom is 0.411 e. The van der Waals surface area contributed by atoms with Gasteiger partial charge in [-0.15, -0.1) is 0 Å². The Morgan fingerprint density at radius 3 is 2.71 bits per heavy atom. The van der Waals surface area contributed by atoms with Crippen molar-refractivity contribution < 1.29 is 22.7 Å². The van der Waals surface area contributed by atoms with Gasteiger partial charge in [-0.05, 0) is 29.7 Å². The maximum absolute atomic E-state index is 12.0. The molecule has 0 aromatic heterocycles. The van der Waals surface area contributed by atoms with Crippen LogP contribution in [0.2, 0.25) is 10.0 Å². The molecule has 8 heteroatoms. The molecule has 0 fully saturated rings. The van der Waals surface area contributed by atoms with Crippen molar-refractivity contribution >= 4 is 29.1 Å². The number of hydrogen-bond donors (Lipinski definition) is 0. The predicted octanol–water partition coefficient (Wildman–Crippen LogP) is 3.46. The molecule has 0 radical (unpaired) electrons. The summed E-state index contributed by atoms with van der Waals surface area (Å²) in [6.07, 6.45) is -3.90. The predicted molar refractivity (Wildman–Crippen MR) is 72.5 cm³/mol. The largest absolute Gasteiger partial charge is 0.411 e. The molecule has 0 saturated carbocycles. The molecular weight excluding hydrogens is 330 g/mol. The zero-order valence-electron chi connectivity index (χ0n) is 10.8. The molecule has 1 heterocycles. The Balaban J connectivity index is 1.96. The molecule has 0 aliphatic carbocycles. The molecule has 1 aromatic carbocycles. The fraction of sp³-hybridized carbons (Fsp3) is 0.462. The van der Waals surface area contributed by atoms with Crippen molar-refractivity contribution in [3.8, 4) is 0 Å². The number of carbonyl (C=O) groups is 1. The minimum absolute atomic E-state index is 0.268. The number of rotatable bonds is 3. The summed E-state index contributed by atoms with van der Waals surface area (Å²) in [4.78, 5) is 13.3. The minimum atomic E-state index is -4.43. The maximum atomic E-state index is 12.0. The second kappa shape index (κ2) is 6.42. The van der Waals surface area contributed by atoms with Crippen LogP contribution in [-0.2, 0) is 22.5 Å². The third-order valence-electron chi connectivity index (χ3n) is 3.09. The fourth-order valence-electron chi connectivity index (χ4n) is 2.17. The van der Waals surface area contributed by atoms with Gasteiger partial charge >= 0.3 is 6.18 Å². The molecule has 1 aliphatic heterocycles. The summed E-state index contributed by atoms with van der Waals surface area (Å²) < 4.78 is 40.2. The lowest BCUT2D eigenvalue weighted by molar-refractivity contribution is -0.178. The van der Waals surface area contributed by atoms with Gasteiger partial charge in [-0.3, -0.25) is 4.79 Å². The first-order chi connectivity index (χ1) is 9.76. The van der Waals surface area contributed by atoms with Gasteiger partial charge in [-0.2, -0.15) is 13.2 Å². The molecule has 1 aromatic rings. The van der Waals surface area contributed by atoms with Crippen molar-refractivity contribution in [3.05, 3.63) is 33.3 Å². The van der Waals surface area contributed by atoms with Crippen molar-refractivity contribution in [2.75, 3.05) is 19.8 Å². The van der Waals surface area contributed by atoms with E-state index >= 15 is 0 Å². The number of alkyl halides is 3. The molecule has 0 spiro atoms. The monoisotopic (exact) mass is 341 g/mol. The van der Waals surface area contributed by atoms with E-state index in [0.29, 0.717) is 23.0 Å². The van der Waals surface area contributed by atoms with Crippen molar-refractivity contribution in [2.24, 2.45) is 0 Å². The average Bonchev–Trinajstić information content (AvgIpc) is 2.36. The van der Waals surface area contributed by atoms with Gasteiger partial charge in [0.05, 0.1) is 0 Å². The van der Waals surface area contributed by atoms with Gasteiger partial charge in [-0.25, -0.2) is 0 Å². The first-order valence-electron chi connectivity index (χ1n) is 6.15. The Hall–Kier alpha value is -0.980. The van der Waals surface area contributed by atoms with Crippen molar-refractivity contribution in [1.82, 2.24) is 4.90 Å². The van der Waals surface area contributed by atoms with Gasteiger partial charge in [-0.1, -0.05) is 23.2 Å². The number of carbonyl (C=O) groups excluding carboxylic acids is 1. The first-order valence-corrected chi connectivity index (χ1v) is 6.91. The molecule has 3 nitrogen and oxygen atoms in total. The van der Waals surface area contributed by atoms with E-state index < -0.39 is 25.3 Å². The summed E-state index contributed by atoms with van der Waals surface area (Å²) >= 11 is 12.0. The standard InChI is InChI=1S/C13H12Cl2F3NO2/c14-9-3-8-5-19(2-1-10(8)11(15)4-9)12(20)6-21-7-13(16,17)18/h3-4H,1-2,5-7H2. The Morgan fingerprint density at radius 2 is 2.05 bits per heavy atom. The lowest BCUT2D eigenvalue weighted by Crippen LogP contribution is -2.38. The van der Waals surface area contributed by atoms with Crippen LogP contribution in [0.3, 0.4) is 0 Å². The average molecular weight is 342 g/mol. The minimum Gasteiger partial charge on any atom is -0.362 e. The summed E-state index contributed by atoms with van der Waals surface area (Å²) in [6, 6.07) is 3.34. The highest BCUT2D eigenvalue weighted by Gasteiger charge is 2.29. The third kappa shape index (κ3) is 4.49. The number of fused-ring (bicyclic) bond motifs is 1. The van der Waals surface area contributed by atoms with Crippen LogP contribution in [0.25, 0.3) is 0 Å². The highest BCUT2D eigenvalue weighted by molar-refractivity contribution is 6.35. The summed E-state index contributed by atoms with van der Waals surface area (Å²) in [5.74, 6) is -0.485. The van der Waals surface area contributed by atoms with Gasteiger partial charge in [0.25, 0.3) is 0 Å². The van der Waals surface area contributed by atoms with Crippen LogP contribution in [-0.4, -0.2) is 36.7 Å². The number of amides is 1. The van der Waals surface area contributed by atoms with Crippen LogP contribution in [0.1, 0.15) is 11.1 Å². The highest BCUT2D eigenvalue weighted by Crippen LogP contribution is 2.29. The fourth-order valence-corrected chi connectivity index (χ4v) is 2.80. The Morgan fingerprint density at radius 1 is 1.33 bits per heavy atom. The first kappa shape index (κ1) is 16.4. The van der Waals surface area contributed by atoms with Gasteiger partial charge in [0.2, 0.25) is 5.91 Å². The van der Waals surface area contributed by atoms with Crippen LogP contribution in [0.15, 0.2) is 12.1 Å². The zero-order valence-corrected chi connectivity index (χ0v) is 12.4. The summed E-state index contributed by atoms with van der Waals surface area (Å²) in [7, 11) is 0. The summed E-state index contributed by atoms with van der Waals surface area (Å²) in [6.45, 7) is -1.36. The molecule has 0 unspecified atom stereocenters. The van der Waals surface area contributed by atoms with Crippen LogP contribution in [0.4, 0.5) is 13.2 Å². The van der Waals surface area contributed by atoms with Gasteiger partial charge < -0.3 is 9.64 Å². The number of halogens is 5. The van der Waals surface area contributed by atoms with E-state index in [1.165, 1.54) is 4.90 Å². The van der Waals surface area contributed by atoms with Crippen molar-refractivity contribution in [1.29, 1.82) is 0 Å². The molecule has 1 amide bonds. The number of nitrogens with zero attached hydrogens (tertiary/aromatic N) is 1. The highest BCUT2D eigenvalue weighted by atomic mass is 35.5. The molecule has 1 aliphatic rings. The van der Waals surface area contributed by atoms with Crippen LogP contribution < -0.4 is 0 Å². The summed E-state index contributed by atoms with van der Waals surface area (Å²) in [5, 5.41) is 0.999. The molecule has 116 valence electrons. The van der Waals surface area contributed by atoms with Crippen LogP contribution >= 0.6 is 23.2 Å². The lowest BCUT2D eigenvalue weighted by Gasteiger charge is -2.29. The van der Waals surface area contributed by atoms with Gasteiger partial charge in [0, 0.05) is 23.1 Å². The van der Waals surface area contributed by atoms with E-state index in [1.54, 1.807) is 12.1 Å². The van der Waals surface area contributed by atoms with E-state index in [0.717, 1.165) is 11.1 Å². The van der Waals surface area contributed by atoms with Gasteiger partial charge in [0.15, 0.2) is 0 Å². The summed E-state index contributed by atoms with van der Waals surface area (Å²) in [5.41, 5.74) is 1.73. The van der Waals surface area contributed by atoms with E-state index in [-0.39, 0.29) is 6.54 Å². The van der Waals surface area contributed by atoms with Gasteiger partial charge in [0.1, 0.15) is 13.2 Å². The zero-order chi connectivity index (χ0) is 15.6. The molecule has 2 rings (SSSR count). The van der Waals surface area contributed by atoms with Crippen LogP contribution in [0.5, 0.6) is 0 Å². The van der Waals surface area contributed by atoms with E-state index in [2.05, 4.69) is 4.74 Å². The smallest absolute Gasteiger partial charge is 0.362 e. The molecule has 0 N–H and O–H groups in total. The number of ether oxygens (including phenoxy) is 1. The topological polar surface area (TPSA) is 29.5 Å². The van der Waals surface area contributed by atoms with Crippen LogP contribution in [0, 0.1) is 0 Å². The Bertz CT molecular complexity index is 549. The quantitative estimate of drug-likeness (QED) is 0.842. The normalized spacial score (nSPS) is 15.0. The number of hydrogen-bond acceptors (Lipinski definition) is 2. The Kier molecular flexibility index (Phi) is 5.01. The lowest BCUT2D eigenvalue weighted by atomic mass is 9.99. The second-order valence-corrected chi connectivity index (χ2v) is 5.54.